The zero-order valence-electron chi connectivity index (χ0n) is 10.4. The first-order valence-electron chi connectivity index (χ1n) is 6.15. The summed E-state index contributed by atoms with van der Waals surface area (Å²) >= 11 is 5.63. The Morgan fingerprint density at radius 2 is 1.95 bits per heavy atom. The molecule has 2 aromatic rings. The Bertz CT molecular complexity index is 511. The van der Waals surface area contributed by atoms with Gasteiger partial charge < -0.3 is 0 Å². The molecular formula is C14H15ClF2N2. The van der Waals surface area contributed by atoms with Crippen LogP contribution in [0.4, 0.5) is 8.78 Å². The molecule has 102 valence electrons. The molecule has 0 radical (unpaired) electrons. The molecule has 1 aromatic heterocycles. The van der Waals surface area contributed by atoms with Crippen molar-refractivity contribution < 1.29 is 8.78 Å². The zero-order chi connectivity index (χ0) is 13.7. The van der Waals surface area contributed by atoms with Crippen molar-refractivity contribution in [2.75, 3.05) is 0 Å². The van der Waals surface area contributed by atoms with Crippen molar-refractivity contribution in [1.29, 1.82) is 0 Å². The van der Waals surface area contributed by atoms with Gasteiger partial charge >= 0.3 is 0 Å². The van der Waals surface area contributed by atoms with Gasteiger partial charge in [0.1, 0.15) is 5.69 Å². The summed E-state index contributed by atoms with van der Waals surface area (Å²) in [5.74, 6) is 0.0678. The van der Waals surface area contributed by atoms with Crippen LogP contribution in [0.3, 0.4) is 0 Å². The van der Waals surface area contributed by atoms with E-state index in [-0.39, 0.29) is 11.6 Å². The summed E-state index contributed by atoms with van der Waals surface area (Å²) in [5.41, 5.74) is 1.56. The fourth-order valence-electron chi connectivity index (χ4n) is 2.05. The number of alkyl halides is 3. The number of hydrogen-bond donors (Lipinski definition) is 0. The van der Waals surface area contributed by atoms with Crippen LogP contribution < -0.4 is 0 Å². The van der Waals surface area contributed by atoms with Crippen LogP contribution in [0.5, 0.6) is 0 Å². The Balaban J connectivity index is 1.98. The highest BCUT2D eigenvalue weighted by atomic mass is 35.5. The van der Waals surface area contributed by atoms with E-state index in [1.54, 1.807) is 0 Å². The number of hydrogen-bond acceptors (Lipinski definition) is 1. The van der Waals surface area contributed by atoms with Gasteiger partial charge in [-0.3, -0.25) is 4.68 Å². The van der Waals surface area contributed by atoms with Crippen molar-refractivity contribution in [3.8, 4) is 0 Å². The molecule has 1 aromatic carbocycles. The average molecular weight is 285 g/mol. The van der Waals surface area contributed by atoms with Crippen LogP contribution in [-0.4, -0.2) is 9.78 Å². The highest BCUT2D eigenvalue weighted by Crippen LogP contribution is 2.24. The molecule has 5 heteroatoms. The van der Waals surface area contributed by atoms with Gasteiger partial charge in [0.05, 0.1) is 12.1 Å². The van der Waals surface area contributed by atoms with Crippen LogP contribution in [0.1, 0.15) is 29.7 Å². The topological polar surface area (TPSA) is 17.8 Å². The zero-order valence-corrected chi connectivity index (χ0v) is 11.2. The predicted molar refractivity (Wildman–Crippen MR) is 71.5 cm³/mol. The lowest BCUT2D eigenvalue weighted by atomic mass is 10.1. The molecule has 0 saturated heterocycles. The van der Waals surface area contributed by atoms with Gasteiger partial charge in [-0.2, -0.15) is 5.10 Å². The lowest BCUT2D eigenvalue weighted by Crippen LogP contribution is -2.07. The van der Waals surface area contributed by atoms with Crippen LogP contribution in [0, 0.1) is 0 Å². The molecule has 2 rings (SSSR count). The summed E-state index contributed by atoms with van der Waals surface area (Å²) in [7, 11) is 0. The molecule has 0 spiro atoms. The third-order valence-electron chi connectivity index (χ3n) is 2.99. The fraction of sp³-hybridized carbons (Fsp3) is 0.357. The molecule has 2 nitrogen and oxygen atoms in total. The van der Waals surface area contributed by atoms with Crippen molar-refractivity contribution in [3.05, 3.63) is 53.3 Å². The van der Waals surface area contributed by atoms with Gasteiger partial charge in [0.15, 0.2) is 0 Å². The summed E-state index contributed by atoms with van der Waals surface area (Å²) in [6.45, 7) is 0.478. The monoisotopic (exact) mass is 284 g/mol. The van der Waals surface area contributed by atoms with E-state index in [4.69, 9.17) is 11.6 Å². The van der Waals surface area contributed by atoms with Gasteiger partial charge in [-0.1, -0.05) is 30.3 Å². The van der Waals surface area contributed by atoms with Gasteiger partial charge in [-0.05, 0) is 18.4 Å². The molecule has 0 aliphatic heterocycles. The summed E-state index contributed by atoms with van der Waals surface area (Å²) < 4.78 is 27.2. The van der Waals surface area contributed by atoms with Crippen molar-refractivity contribution in [1.82, 2.24) is 9.78 Å². The number of benzene rings is 1. The van der Waals surface area contributed by atoms with E-state index >= 15 is 0 Å². The molecule has 0 atom stereocenters. The Labute approximate surface area is 116 Å². The van der Waals surface area contributed by atoms with Crippen molar-refractivity contribution in [2.45, 2.75) is 31.7 Å². The maximum atomic E-state index is 12.9. The number of rotatable bonds is 6. The second-order valence-electron chi connectivity index (χ2n) is 4.30. The Morgan fingerprint density at radius 3 is 2.58 bits per heavy atom. The van der Waals surface area contributed by atoms with Crippen LogP contribution in [0.25, 0.3) is 0 Å². The molecule has 0 aliphatic carbocycles. The van der Waals surface area contributed by atoms with Gasteiger partial charge in [-0.15, -0.1) is 11.6 Å². The van der Waals surface area contributed by atoms with E-state index in [2.05, 4.69) is 5.10 Å². The van der Waals surface area contributed by atoms with Crippen molar-refractivity contribution >= 4 is 11.6 Å². The second kappa shape index (κ2) is 6.66. The summed E-state index contributed by atoms with van der Waals surface area (Å²) in [6.07, 6.45) is 0.511. The third kappa shape index (κ3) is 3.53. The van der Waals surface area contributed by atoms with Gasteiger partial charge in [-0.25, -0.2) is 8.78 Å². The van der Waals surface area contributed by atoms with Crippen LogP contribution in [0.15, 0.2) is 36.5 Å². The quantitative estimate of drug-likeness (QED) is 0.727. The molecule has 0 fully saturated rings. The summed E-state index contributed by atoms with van der Waals surface area (Å²) in [4.78, 5) is 0. The van der Waals surface area contributed by atoms with Crippen molar-refractivity contribution in [3.63, 3.8) is 0 Å². The van der Waals surface area contributed by atoms with E-state index in [0.29, 0.717) is 12.1 Å². The number of aryl methyl sites for hydroxylation is 2. The largest absolute Gasteiger partial charge is 0.280 e. The van der Waals surface area contributed by atoms with Gasteiger partial charge in [0.2, 0.25) is 0 Å². The highest BCUT2D eigenvalue weighted by Gasteiger charge is 2.18. The lowest BCUT2D eigenvalue weighted by molar-refractivity contribution is 0.138. The minimum atomic E-state index is -2.53. The molecule has 1 heterocycles. The van der Waals surface area contributed by atoms with Crippen LogP contribution in [-0.2, 0) is 18.8 Å². The Hall–Kier alpha value is -1.42. The van der Waals surface area contributed by atoms with Gasteiger partial charge in [0, 0.05) is 12.1 Å². The van der Waals surface area contributed by atoms with E-state index in [1.165, 1.54) is 16.4 Å². The van der Waals surface area contributed by atoms with E-state index in [9.17, 15) is 8.78 Å². The third-order valence-corrected chi connectivity index (χ3v) is 3.28. The Kier molecular flexibility index (Phi) is 4.91. The van der Waals surface area contributed by atoms with E-state index < -0.39 is 6.43 Å². The fourth-order valence-corrected chi connectivity index (χ4v) is 2.25. The predicted octanol–water partition coefficient (Wildman–Crippen LogP) is 4.19. The minimum absolute atomic E-state index is 0.0527. The van der Waals surface area contributed by atoms with E-state index in [1.807, 2.05) is 30.3 Å². The summed E-state index contributed by atoms with van der Waals surface area (Å²) in [6, 6.07) is 9.96. The first kappa shape index (κ1) is 14.0. The van der Waals surface area contributed by atoms with E-state index in [0.717, 1.165) is 12.8 Å². The normalized spacial score (nSPS) is 11.2. The second-order valence-corrected chi connectivity index (χ2v) is 4.57. The molecule has 0 saturated carbocycles. The number of nitrogens with zero attached hydrogens (tertiary/aromatic N) is 2. The molecule has 19 heavy (non-hydrogen) atoms. The van der Waals surface area contributed by atoms with Gasteiger partial charge in [0.25, 0.3) is 6.43 Å². The molecule has 0 bridgehead atoms. The standard InChI is InChI=1S/C14H15ClF2N2/c15-9-12-10-18-19(13(12)14(16)17)8-4-7-11-5-2-1-3-6-11/h1-3,5-6,10,14H,4,7-9H2. The molecule has 0 aliphatic rings. The van der Waals surface area contributed by atoms with Crippen molar-refractivity contribution in [2.24, 2.45) is 0 Å². The molecule has 0 unspecified atom stereocenters. The van der Waals surface area contributed by atoms with Crippen LogP contribution in [0.2, 0.25) is 0 Å². The molecule has 0 N–H and O–H groups in total. The lowest BCUT2D eigenvalue weighted by Gasteiger charge is -2.08. The maximum Gasteiger partial charge on any atom is 0.280 e. The first-order chi connectivity index (χ1) is 9.22. The Morgan fingerprint density at radius 1 is 1.21 bits per heavy atom. The van der Waals surface area contributed by atoms with Crippen LogP contribution >= 0.6 is 11.6 Å². The molecular weight excluding hydrogens is 270 g/mol. The minimum Gasteiger partial charge on any atom is -0.263 e. The smallest absolute Gasteiger partial charge is 0.263 e. The molecule has 0 amide bonds. The SMILES string of the molecule is FC(F)c1c(CCl)cnn1CCCc1ccccc1. The first-order valence-corrected chi connectivity index (χ1v) is 6.68. The maximum absolute atomic E-state index is 12.9. The highest BCUT2D eigenvalue weighted by molar-refractivity contribution is 6.17. The number of halogens is 3. The number of aromatic nitrogens is 2. The summed E-state index contributed by atoms with van der Waals surface area (Å²) in [5, 5.41) is 3.99. The average Bonchev–Trinajstić information content (AvgIpc) is 2.83.